The zero-order valence-corrected chi connectivity index (χ0v) is 19.3. The number of ether oxygens (including phenoxy) is 1. The first-order valence-corrected chi connectivity index (χ1v) is 10.6. The average Bonchev–Trinajstić information content (AvgIpc) is 3.13. The molecule has 3 aromatic heterocycles. The molecule has 10 nitrogen and oxygen atoms in total. The van der Waals surface area contributed by atoms with Crippen LogP contribution in [0.5, 0.6) is 0 Å². The van der Waals surface area contributed by atoms with Gasteiger partial charge >= 0.3 is 0 Å². The van der Waals surface area contributed by atoms with Gasteiger partial charge in [-0.2, -0.15) is 9.61 Å². The quantitative estimate of drug-likeness (QED) is 0.478. The highest BCUT2D eigenvalue weighted by Gasteiger charge is 2.25. The molecule has 0 aliphatic carbocycles. The number of aromatic nitrogens is 4. The SMILES string of the molecule is CCc1c(C(=O)N[C@@H](C)COC)n(CC(=O)Nc2ccc(F)cn2)c2cc(Br)nn2c1=O. The van der Waals surface area contributed by atoms with Crippen LogP contribution in [-0.2, 0) is 22.5 Å². The van der Waals surface area contributed by atoms with Crippen LogP contribution in [0.4, 0.5) is 10.2 Å². The number of hydrogen-bond acceptors (Lipinski definition) is 6. The number of carbonyl (C=O) groups excluding carboxylic acids is 2. The Balaban J connectivity index is 2.08. The number of methoxy groups -OCH3 is 1. The first kappa shape index (κ1) is 23.5. The summed E-state index contributed by atoms with van der Waals surface area (Å²) in [5, 5.41) is 9.49. The third-order valence-electron chi connectivity index (χ3n) is 4.60. The first-order chi connectivity index (χ1) is 15.2. The first-order valence-electron chi connectivity index (χ1n) is 9.77. The molecular weight excluding hydrogens is 487 g/mol. The lowest BCUT2D eigenvalue weighted by atomic mass is 10.1. The summed E-state index contributed by atoms with van der Waals surface area (Å²) in [6, 6.07) is 3.70. The average molecular weight is 509 g/mol. The topological polar surface area (TPSA) is 120 Å². The van der Waals surface area contributed by atoms with Crippen molar-refractivity contribution in [3.8, 4) is 0 Å². The van der Waals surface area contributed by atoms with E-state index in [-0.39, 0.29) is 48.3 Å². The number of halogens is 2. The van der Waals surface area contributed by atoms with Crippen LogP contribution >= 0.6 is 15.9 Å². The van der Waals surface area contributed by atoms with Crippen molar-refractivity contribution in [2.45, 2.75) is 32.9 Å². The van der Waals surface area contributed by atoms with Crippen LogP contribution < -0.4 is 16.2 Å². The lowest BCUT2D eigenvalue weighted by Gasteiger charge is -2.20. The highest BCUT2D eigenvalue weighted by Crippen LogP contribution is 2.17. The maximum atomic E-state index is 13.2. The molecule has 12 heteroatoms. The summed E-state index contributed by atoms with van der Waals surface area (Å²) in [4.78, 5) is 42.7. The van der Waals surface area contributed by atoms with Gasteiger partial charge in [-0.3, -0.25) is 14.4 Å². The molecule has 170 valence electrons. The molecule has 2 N–H and O–H groups in total. The normalized spacial score (nSPS) is 12.0. The largest absolute Gasteiger partial charge is 0.383 e. The third-order valence-corrected chi connectivity index (χ3v) is 4.99. The van der Waals surface area contributed by atoms with Crippen LogP contribution in [0.3, 0.4) is 0 Å². The van der Waals surface area contributed by atoms with Crippen LogP contribution in [0.15, 0.2) is 33.8 Å². The van der Waals surface area contributed by atoms with Crippen molar-refractivity contribution < 1.29 is 18.7 Å². The number of nitrogens with zero attached hydrogens (tertiary/aromatic N) is 4. The zero-order chi connectivity index (χ0) is 23.4. The Bertz CT molecular complexity index is 1210. The van der Waals surface area contributed by atoms with Crippen LogP contribution in [0.1, 0.15) is 29.9 Å². The Hall–Kier alpha value is -3.12. The smallest absolute Gasteiger partial charge is 0.278 e. The minimum atomic E-state index is -0.536. The molecule has 0 aromatic carbocycles. The fraction of sp³-hybridized carbons (Fsp3) is 0.350. The molecule has 2 amide bonds. The molecule has 0 aliphatic heterocycles. The van der Waals surface area contributed by atoms with E-state index in [9.17, 15) is 18.8 Å². The summed E-state index contributed by atoms with van der Waals surface area (Å²) in [6.45, 7) is 3.46. The molecule has 0 saturated carbocycles. The third kappa shape index (κ3) is 5.02. The lowest BCUT2D eigenvalue weighted by Crippen LogP contribution is -2.40. The lowest BCUT2D eigenvalue weighted by molar-refractivity contribution is -0.116. The van der Waals surface area contributed by atoms with Crippen molar-refractivity contribution in [3.05, 3.63) is 56.4 Å². The van der Waals surface area contributed by atoms with Crippen molar-refractivity contribution in [2.75, 3.05) is 19.0 Å². The second-order valence-corrected chi connectivity index (χ2v) is 7.86. The Morgan fingerprint density at radius 1 is 1.34 bits per heavy atom. The Labute approximate surface area is 190 Å². The van der Waals surface area contributed by atoms with Gasteiger partial charge in [0.1, 0.15) is 34.1 Å². The van der Waals surface area contributed by atoms with Gasteiger partial charge in [0.15, 0.2) is 0 Å². The molecule has 0 spiro atoms. The van der Waals surface area contributed by atoms with E-state index in [4.69, 9.17) is 4.74 Å². The van der Waals surface area contributed by atoms with E-state index in [1.54, 1.807) is 19.9 Å². The molecule has 0 unspecified atom stereocenters. The summed E-state index contributed by atoms with van der Waals surface area (Å²) < 4.78 is 21.1. The van der Waals surface area contributed by atoms with Crippen LogP contribution in [-0.4, -0.2) is 50.7 Å². The van der Waals surface area contributed by atoms with Gasteiger partial charge in [-0.05, 0) is 41.4 Å². The van der Waals surface area contributed by atoms with Gasteiger partial charge in [0.25, 0.3) is 11.5 Å². The molecular formula is C20H22BrFN6O4. The number of amides is 2. The number of anilines is 1. The van der Waals surface area contributed by atoms with Crippen LogP contribution in [0.2, 0.25) is 0 Å². The van der Waals surface area contributed by atoms with E-state index in [2.05, 4.69) is 36.6 Å². The molecule has 0 aliphatic rings. The standard InChI is InChI=1S/C20H22BrFN6O4/c1-4-13-18(19(30)24-11(2)10-32-3)27(17-7-14(21)26-28(17)20(13)31)9-16(29)25-15-6-5-12(22)8-23-15/h5-8,11H,4,9-10H2,1-3H3,(H,24,30)(H,23,25,29)/t11-/m0/s1. The van der Waals surface area contributed by atoms with Gasteiger partial charge in [0.05, 0.1) is 12.8 Å². The van der Waals surface area contributed by atoms with Crippen molar-refractivity contribution in [1.82, 2.24) is 24.5 Å². The number of carbonyl (C=O) groups is 2. The number of pyridine rings is 1. The molecule has 0 fully saturated rings. The van der Waals surface area contributed by atoms with E-state index in [0.29, 0.717) is 4.60 Å². The molecule has 1 atom stereocenters. The van der Waals surface area contributed by atoms with Crippen molar-refractivity contribution in [3.63, 3.8) is 0 Å². The molecule has 32 heavy (non-hydrogen) atoms. The second kappa shape index (κ2) is 10.0. The molecule has 3 rings (SSSR count). The van der Waals surface area contributed by atoms with Gasteiger partial charge in [0, 0.05) is 24.8 Å². The van der Waals surface area contributed by atoms with E-state index in [1.165, 1.54) is 23.8 Å². The summed E-state index contributed by atoms with van der Waals surface area (Å²) in [5.74, 6) is -1.42. The molecule has 0 bridgehead atoms. The van der Waals surface area contributed by atoms with Crippen LogP contribution in [0, 0.1) is 5.82 Å². The molecule has 3 aromatic rings. The minimum Gasteiger partial charge on any atom is -0.383 e. The van der Waals surface area contributed by atoms with Gasteiger partial charge in [-0.1, -0.05) is 6.92 Å². The minimum absolute atomic E-state index is 0.0579. The molecule has 0 saturated heterocycles. The van der Waals surface area contributed by atoms with Crippen LogP contribution in [0.25, 0.3) is 5.65 Å². The number of fused-ring (bicyclic) bond motifs is 1. The van der Waals surface area contributed by atoms with Crippen molar-refractivity contribution in [2.24, 2.45) is 0 Å². The number of hydrogen-bond donors (Lipinski definition) is 2. The Kier molecular flexibility index (Phi) is 7.36. The fourth-order valence-electron chi connectivity index (χ4n) is 3.29. The van der Waals surface area contributed by atoms with Gasteiger partial charge in [-0.25, -0.2) is 9.37 Å². The molecule has 0 radical (unpaired) electrons. The van der Waals surface area contributed by atoms with E-state index in [1.807, 2.05) is 0 Å². The maximum absolute atomic E-state index is 13.2. The summed E-state index contributed by atoms with van der Waals surface area (Å²) >= 11 is 3.24. The predicted octanol–water partition coefficient (Wildman–Crippen LogP) is 1.76. The van der Waals surface area contributed by atoms with E-state index < -0.39 is 23.2 Å². The Morgan fingerprint density at radius 3 is 2.72 bits per heavy atom. The highest BCUT2D eigenvalue weighted by atomic mass is 79.9. The zero-order valence-electron chi connectivity index (χ0n) is 17.7. The maximum Gasteiger partial charge on any atom is 0.278 e. The monoisotopic (exact) mass is 508 g/mol. The summed E-state index contributed by atoms with van der Waals surface area (Å²) in [6.07, 6.45) is 1.22. The summed E-state index contributed by atoms with van der Waals surface area (Å²) in [7, 11) is 1.51. The van der Waals surface area contributed by atoms with Gasteiger partial charge in [-0.15, -0.1) is 0 Å². The fourth-order valence-corrected chi connectivity index (χ4v) is 3.65. The number of nitrogens with one attached hydrogen (secondary N) is 2. The van der Waals surface area contributed by atoms with Crippen molar-refractivity contribution in [1.29, 1.82) is 0 Å². The predicted molar refractivity (Wildman–Crippen MR) is 118 cm³/mol. The number of rotatable bonds is 8. The van der Waals surface area contributed by atoms with Crippen molar-refractivity contribution >= 4 is 39.2 Å². The second-order valence-electron chi connectivity index (χ2n) is 7.05. The van der Waals surface area contributed by atoms with Gasteiger partial charge in [0.2, 0.25) is 5.91 Å². The Morgan fingerprint density at radius 2 is 2.09 bits per heavy atom. The summed E-state index contributed by atoms with van der Waals surface area (Å²) in [5.41, 5.74) is 0.0749. The van der Waals surface area contributed by atoms with E-state index in [0.717, 1.165) is 10.7 Å². The molecule has 3 heterocycles. The highest BCUT2D eigenvalue weighted by molar-refractivity contribution is 9.10. The van der Waals surface area contributed by atoms with Gasteiger partial charge < -0.3 is 19.9 Å². The van der Waals surface area contributed by atoms with E-state index >= 15 is 0 Å².